The standard InChI is InChI=1S/C10H18N4/c1-13(2)7-4-8-14(3)10-5-6-11-9-12-10/h5-6,9H,4,7-8H2,1-3H3. The van der Waals surface area contributed by atoms with Gasteiger partial charge in [0.2, 0.25) is 0 Å². The second-order valence-corrected chi connectivity index (χ2v) is 3.65. The fraction of sp³-hybridized carbons (Fsp3) is 0.600. The molecule has 0 aliphatic rings. The zero-order valence-electron chi connectivity index (χ0n) is 9.14. The third kappa shape index (κ3) is 3.70. The molecule has 0 saturated heterocycles. The van der Waals surface area contributed by atoms with Crippen LogP contribution in [-0.2, 0) is 0 Å². The van der Waals surface area contributed by atoms with Crippen LogP contribution in [0.25, 0.3) is 0 Å². The van der Waals surface area contributed by atoms with Gasteiger partial charge in [-0.1, -0.05) is 0 Å². The molecule has 4 heteroatoms. The first-order valence-electron chi connectivity index (χ1n) is 4.82. The average Bonchev–Trinajstić information content (AvgIpc) is 2.18. The second kappa shape index (κ2) is 5.54. The van der Waals surface area contributed by atoms with Crippen LogP contribution >= 0.6 is 0 Å². The third-order valence-electron chi connectivity index (χ3n) is 2.06. The van der Waals surface area contributed by atoms with E-state index in [1.807, 2.05) is 6.07 Å². The van der Waals surface area contributed by atoms with Crippen LogP contribution in [0.5, 0.6) is 0 Å². The van der Waals surface area contributed by atoms with Crippen LogP contribution in [0.4, 0.5) is 5.82 Å². The summed E-state index contributed by atoms with van der Waals surface area (Å²) in [5, 5.41) is 0. The summed E-state index contributed by atoms with van der Waals surface area (Å²) in [6.45, 7) is 2.13. The predicted octanol–water partition coefficient (Wildman–Crippen LogP) is 0.864. The minimum atomic E-state index is 0.985. The molecule has 1 aromatic rings. The zero-order chi connectivity index (χ0) is 10.4. The topological polar surface area (TPSA) is 32.3 Å². The minimum Gasteiger partial charge on any atom is -0.360 e. The first kappa shape index (κ1) is 10.9. The van der Waals surface area contributed by atoms with E-state index in [4.69, 9.17) is 0 Å². The van der Waals surface area contributed by atoms with Crippen molar-refractivity contribution in [2.45, 2.75) is 6.42 Å². The van der Waals surface area contributed by atoms with Crippen molar-refractivity contribution in [1.29, 1.82) is 0 Å². The van der Waals surface area contributed by atoms with E-state index < -0.39 is 0 Å². The Balaban J connectivity index is 2.32. The van der Waals surface area contributed by atoms with Gasteiger partial charge >= 0.3 is 0 Å². The van der Waals surface area contributed by atoms with Gasteiger partial charge in [0.05, 0.1) is 0 Å². The van der Waals surface area contributed by atoms with Gasteiger partial charge in [0.1, 0.15) is 12.1 Å². The molecule has 0 unspecified atom stereocenters. The Kier molecular flexibility index (Phi) is 4.32. The van der Waals surface area contributed by atoms with Gasteiger partial charge in [-0.05, 0) is 33.1 Å². The van der Waals surface area contributed by atoms with E-state index in [1.54, 1.807) is 12.5 Å². The molecule has 0 spiro atoms. The Morgan fingerprint density at radius 2 is 2.00 bits per heavy atom. The SMILES string of the molecule is CN(C)CCCN(C)c1ccncn1. The summed E-state index contributed by atoms with van der Waals surface area (Å²) in [5.74, 6) is 0.985. The van der Waals surface area contributed by atoms with Crippen LogP contribution in [0.3, 0.4) is 0 Å². The van der Waals surface area contributed by atoms with Crippen molar-refractivity contribution in [1.82, 2.24) is 14.9 Å². The molecule has 0 amide bonds. The third-order valence-corrected chi connectivity index (χ3v) is 2.06. The fourth-order valence-corrected chi connectivity index (χ4v) is 1.25. The van der Waals surface area contributed by atoms with Gasteiger partial charge in [-0.3, -0.25) is 0 Å². The van der Waals surface area contributed by atoms with E-state index in [-0.39, 0.29) is 0 Å². The van der Waals surface area contributed by atoms with Gasteiger partial charge in [0.25, 0.3) is 0 Å². The van der Waals surface area contributed by atoms with Crippen LogP contribution in [0.1, 0.15) is 6.42 Å². The Bertz CT molecular complexity index is 248. The van der Waals surface area contributed by atoms with E-state index in [1.165, 1.54) is 0 Å². The highest BCUT2D eigenvalue weighted by atomic mass is 15.2. The normalized spacial score (nSPS) is 10.6. The van der Waals surface area contributed by atoms with Crippen molar-refractivity contribution in [3.63, 3.8) is 0 Å². The lowest BCUT2D eigenvalue weighted by Crippen LogP contribution is -2.23. The molecule has 1 aromatic heterocycles. The highest BCUT2D eigenvalue weighted by Gasteiger charge is 2.00. The fourth-order valence-electron chi connectivity index (χ4n) is 1.25. The van der Waals surface area contributed by atoms with Crippen molar-refractivity contribution in [3.8, 4) is 0 Å². The van der Waals surface area contributed by atoms with E-state index >= 15 is 0 Å². The van der Waals surface area contributed by atoms with Crippen molar-refractivity contribution >= 4 is 5.82 Å². The molecule has 1 rings (SSSR count). The summed E-state index contributed by atoms with van der Waals surface area (Å²) in [5.41, 5.74) is 0. The molecule has 0 N–H and O–H groups in total. The van der Waals surface area contributed by atoms with Gasteiger partial charge in [-0.2, -0.15) is 0 Å². The molecule has 0 saturated carbocycles. The van der Waals surface area contributed by atoms with Gasteiger partial charge in [0.15, 0.2) is 0 Å². The number of rotatable bonds is 5. The van der Waals surface area contributed by atoms with Crippen LogP contribution in [0.15, 0.2) is 18.6 Å². The Morgan fingerprint density at radius 1 is 1.21 bits per heavy atom. The largest absolute Gasteiger partial charge is 0.360 e. The highest BCUT2D eigenvalue weighted by molar-refractivity contribution is 5.34. The first-order valence-corrected chi connectivity index (χ1v) is 4.82. The average molecular weight is 194 g/mol. The van der Waals surface area contributed by atoms with Gasteiger partial charge in [-0.25, -0.2) is 9.97 Å². The smallest absolute Gasteiger partial charge is 0.131 e. The minimum absolute atomic E-state index is 0.985. The van der Waals surface area contributed by atoms with Crippen LogP contribution < -0.4 is 4.90 Å². The maximum atomic E-state index is 4.18. The maximum absolute atomic E-state index is 4.18. The van der Waals surface area contributed by atoms with E-state index in [0.717, 1.165) is 25.3 Å². The zero-order valence-corrected chi connectivity index (χ0v) is 9.14. The molecule has 0 bridgehead atoms. The van der Waals surface area contributed by atoms with Gasteiger partial charge in [0, 0.05) is 19.8 Å². The quantitative estimate of drug-likeness (QED) is 0.696. The Morgan fingerprint density at radius 3 is 2.57 bits per heavy atom. The lowest BCUT2D eigenvalue weighted by Gasteiger charge is -2.18. The summed E-state index contributed by atoms with van der Waals surface area (Å²) < 4.78 is 0. The molecule has 4 nitrogen and oxygen atoms in total. The van der Waals surface area contributed by atoms with Crippen LogP contribution in [0.2, 0.25) is 0 Å². The van der Waals surface area contributed by atoms with Crippen molar-refractivity contribution in [3.05, 3.63) is 18.6 Å². The monoisotopic (exact) mass is 194 g/mol. The van der Waals surface area contributed by atoms with E-state index in [2.05, 4.69) is 40.9 Å². The number of hydrogen-bond acceptors (Lipinski definition) is 4. The number of hydrogen-bond donors (Lipinski definition) is 0. The van der Waals surface area contributed by atoms with Crippen LogP contribution in [-0.4, -0.2) is 49.1 Å². The van der Waals surface area contributed by atoms with Crippen molar-refractivity contribution < 1.29 is 0 Å². The molecule has 0 aliphatic heterocycles. The summed E-state index contributed by atoms with van der Waals surface area (Å²) in [7, 11) is 6.23. The summed E-state index contributed by atoms with van der Waals surface area (Å²) in [6.07, 6.45) is 4.50. The molecule has 0 fully saturated rings. The molecule has 1 heterocycles. The van der Waals surface area contributed by atoms with E-state index in [9.17, 15) is 0 Å². The molecule has 0 radical (unpaired) electrons. The lowest BCUT2D eigenvalue weighted by molar-refractivity contribution is 0.401. The Hall–Kier alpha value is -1.16. The second-order valence-electron chi connectivity index (χ2n) is 3.65. The molecule has 78 valence electrons. The summed E-state index contributed by atoms with van der Waals surface area (Å²) >= 11 is 0. The van der Waals surface area contributed by atoms with E-state index in [0.29, 0.717) is 0 Å². The predicted molar refractivity (Wildman–Crippen MR) is 58.5 cm³/mol. The van der Waals surface area contributed by atoms with Gasteiger partial charge in [-0.15, -0.1) is 0 Å². The van der Waals surface area contributed by atoms with Gasteiger partial charge < -0.3 is 9.80 Å². The molecule has 14 heavy (non-hydrogen) atoms. The molecular weight excluding hydrogens is 176 g/mol. The van der Waals surface area contributed by atoms with Crippen LogP contribution in [0, 0.1) is 0 Å². The first-order chi connectivity index (χ1) is 6.70. The summed E-state index contributed by atoms with van der Waals surface area (Å²) in [4.78, 5) is 12.4. The summed E-state index contributed by atoms with van der Waals surface area (Å²) in [6, 6.07) is 1.93. The van der Waals surface area contributed by atoms with Crippen molar-refractivity contribution in [2.75, 3.05) is 39.1 Å². The number of anilines is 1. The molecule has 0 atom stereocenters. The van der Waals surface area contributed by atoms with Crippen molar-refractivity contribution in [2.24, 2.45) is 0 Å². The highest BCUT2D eigenvalue weighted by Crippen LogP contribution is 2.05. The molecule has 0 aromatic carbocycles. The number of aromatic nitrogens is 2. The number of nitrogens with zero attached hydrogens (tertiary/aromatic N) is 4. The maximum Gasteiger partial charge on any atom is 0.131 e. The lowest BCUT2D eigenvalue weighted by atomic mass is 10.3. The Labute approximate surface area is 85.6 Å². The molecule has 0 aliphatic carbocycles. The molecular formula is C10H18N4.